The van der Waals surface area contributed by atoms with Gasteiger partial charge in [0, 0.05) is 12.8 Å². The van der Waals surface area contributed by atoms with E-state index in [1.165, 1.54) is 57.1 Å². The highest BCUT2D eigenvalue weighted by Crippen LogP contribution is 2.35. The van der Waals surface area contributed by atoms with Gasteiger partial charge < -0.3 is 4.74 Å². The molecular weight excluding hydrogens is 370 g/mol. The summed E-state index contributed by atoms with van der Waals surface area (Å²) in [5.74, 6) is 0.0850. The van der Waals surface area contributed by atoms with Crippen LogP contribution >= 0.6 is 0 Å². The minimum absolute atomic E-state index is 0.0394. The monoisotopic (exact) mass is 408 g/mol. The smallest absolute Gasteiger partial charge is 0.200 e. The third kappa shape index (κ3) is 8.44. The predicted molar refractivity (Wildman–Crippen MR) is 114 cm³/mol. The Hall–Kier alpha value is -1.45. The molecule has 164 valence electrons. The zero-order valence-electron chi connectivity index (χ0n) is 18.2. The van der Waals surface area contributed by atoms with Crippen molar-refractivity contribution < 1.29 is 18.3 Å². The molecule has 0 aromatic heterocycles. The summed E-state index contributed by atoms with van der Waals surface area (Å²) < 4.78 is 32.6. The highest BCUT2D eigenvalue weighted by atomic mass is 19.2. The number of carbonyl (C=O) groups is 1. The number of benzene rings is 1. The van der Waals surface area contributed by atoms with Crippen molar-refractivity contribution in [3.05, 3.63) is 29.8 Å². The van der Waals surface area contributed by atoms with Crippen molar-refractivity contribution in [1.29, 1.82) is 0 Å². The van der Waals surface area contributed by atoms with Crippen LogP contribution in [0.15, 0.2) is 18.2 Å². The molecule has 2 fully saturated rings. The van der Waals surface area contributed by atoms with E-state index < -0.39 is 11.6 Å². The van der Waals surface area contributed by atoms with Crippen molar-refractivity contribution in [3.8, 4) is 5.75 Å². The Balaban J connectivity index is 0.000000360. The van der Waals surface area contributed by atoms with Crippen molar-refractivity contribution >= 4 is 5.78 Å². The molecule has 1 unspecified atom stereocenters. The summed E-state index contributed by atoms with van der Waals surface area (Å²) >= 11 is 0. The second-order valence-corrected chi connectivity index (χ2v) is 8.75. The number of hydrogen-bond acceptors (Lipinski definition) is 2. The van der Waals surface area contributed by atoms with Gasteiger partial charge >= 0.3 is 0 Å². The summed E-state index contributed by atoms with van der Waals surface area (Å²) in [6, 6.07) is 4.12. The zero-order chi connectivity index (χ0) is 21.1. The van der Waals surface area contributed by atoms with Gasteiger partial charge in [0.05, 0.1) is 6.10 Å². The molecule has 29 heavy (non-hydrogen) atoms. The molecule has 0 bridgehead atoms. The second kappa shape index (κ2) is 13.0. The maximum atomic E-state index is 13.7. The largest absolute Gasteiger partial charge is 0.487 e. The highest BCUT2D eigenvalue weighted by Gasteiger charge is 2.26. The van der Waals surface area contributed by atoms with Crippen LogP contribution < -0.4 is 4.74 Å². The maximum absolute atomic E-state index is 13.7. The molecule has 3 rings (SSSR count). The summed E-state index contributed by atoms with van der Waals surface area (Å²) in [5, 5.41) is 0. The molecule has 0 heterocycles. The Morgan fingerprint density at radius 3 is 2.31 bits per heavy atom. The van der Waals surface area contributed by atoms with E-state index in [4.69, 9.17) is 4.74 Å². The number of unbranched alkanes of at least 4 members (excludes halogenated alkanes) is 2. The Labute approximate surface area is 175 Å². The van der Waals surface area contributed by atoms with Crippen LogP contribution in [0.4, 0.5) is 8.78 Å². The molecule has 2 aliphatic carbocycles. The molecule has 0 radical (unpaired) electrons. The van der Waals surface area contributed by atoms with Crippen LogP contribution in [0.5, 0.6) is 5.75 Å². The van der Waals surface area contributed by atoms with Gasteiger partial charge in [-0.2, -0.15) is 4.39 Å². The number of carbonyl (C=O) groups excluding carboxylic acids is 1. The van der Waals surface area contributed by atoms with E-state index in [1.807, 2.05) is 6.92 Å². The highest BCUT2D eigenvalue weighted by molar-refractivity contribution is 5.78. The fraction of sp³-hybridized carbons (Fsp3) is 0.720. The minimum Gasteiger partial charge on any atom is -0.487 e. The average molecular weight is 409 g/mol. The number of rotatable bonds is 7. The molecule has 1 aromatic carbocycles. The van der Waals surface area contributed by atoms with Gasteiger partial charge in [0.15, 0.2) is 11.6 Å². The first kappa shape index (κ1) is 23.8. The fourth-order valence-electron chi connectivity index (χ4n) is 4.45. The van der Waals surface area contributed by atoms with Gasteiger partial charge in [-0.25, -0.2) is 4.39 Å². The topological polar surface area (TPSA) is 26.3 Å². The molecule has 4 heteroatoms. The lowest BCUT2D eigenvalue weighted by Gasteiger charge is -2.32. The predicted octanol–water partition coefficient (Wildman–Crippen LogP) is 7.64. The fourth-order valence-corrected chi connectivity index (χ4v) is 4.45. The van der Waals surface area contributed by atoms with Gasteiger partial charge in [0.25, 0.3) is 0 Å². The van der Waals surface area contributed by atoms with Crippen LogP contribution in [0, 0.1) is 23.5 Å². The number of ether oxygens (including phenoxy) is 1. The lowest BCUT2D eigenvalue weighted by molar-refractivity contribution is -0.120. The van der Waals surface area contributed by atoms with Crippen LogP contribution in [-0.2, 0) is 4.79 Å². The molecule has 0 saturated heterocycles. The lowest BCUT2D eigenvalue weighted by atomic mass is 9.78. The van der Waals surface area contributed by atoms with E-state index in [9.17, 15) is 13.6 Å². The molecule has 0 aliphatic heterocycles. The summed E-state index contributed by atoms with van der Waals surface area (Å²) in [4.78, 5) is 10.5. The van der Waals surface area contributed by atoms with E-state index in [0.29, 0.717) is 11.7 Å². The number of halogens is 2. The summed E-state index contributed by atoms with van der Waals surface area (Å²) in [7, 11) is 0. The summed E-state index contributed by atoms with van der Waals surface area (Å²) in [6.45, 7) is 4.22. The first-order chi connectivity index (χ1) is 14.0. The molecular formula is C25H38F2O2. The molecule has 2 aliphatic rings. The number of ketones is 1. The van der Waals surface area contributed by atoms with Crippen molar-refractivity contribution in [2.45, 2.75) is 103 Å². The molecule has 0 N–H and O–H groups in total. The van der Waals surface area contributed by atoms with E-state index in [2.05, 4.69) is 6.92 Å². The van der Waals surface area contributed by atoms with Gasteiger partial charge in [-0.05, 0) is 56.6 Å². The quantitative estimate of drug-likeness (QED) is 0.433. The van der Waals surface area contributed by atoms with Crippen molar-refractivity contribution in [2.24, 2.45) is 11.8 Å². The number of hydrogen-bond donors (Lipinski definition) is 0. The standard InChI is InChI=1S/C19H28F2O.C6H10O/c1-3-4-5-7-15-10-12-16(13-11-15)14(2)22-18-9-6-8-17(20)19(18)21;7-6-4-2-1-3-5-6/h6,8-9,14-16H,3-5,7,10-13H2,1-2H3;1-5H2/t14?,15-,16-;. The van der Waals surface area contributed by atoms with Crippen molar-refractivity contribution in [3.63, 3.8) is 0 Å². The van der Waals surface area contributed by atoms with E-state index in [-0.39, 0.29) is 11.9 Å². The first-order valence-electron chi connectivity index (χ1n) is 11.6. The van der Waals surface area contributed by atoms with Gasteiger partial charge in [-0.15, -0.1) is 0 Å². The summed E-state index contributed by atoms with van der Waals surface area (Å²) in [6.07, 6.45) is 15.2. The maximum Gasteiger partial charge on any atom is 0.200 e. The van der Waals surface area contributed by atoms with Crippen LogP contribution in [0.2, 0.25) is 0 Å². The van der Waals surface area contributed by atoms with Gasteiger partial charge in [-0.1, -0.05) is 57.9 Å². The average Bonchev–Trinajstić information content (AvgIpc) is 2.73. The first-order valence-corrected chi connectivity index (χ1v) is 11.6. The van der Waals surface area contributed by atoms with Crippen molar-refractivity contribution in [2.75, 3.05) is 0 Å². The van der Waals surface area contributed by atoms with Crippen LogP contribution in [0.3, 0.4) is 0 Å². The van der Waals surface area contributed by atoms with Gasteiger partial charge in [-0.3, -0.25) is 4.79 Å². The normalized spacial score (nSPS) is 23.1. The Morgan fingerprint density at radius 2 is 1.72 bits per heavy atom. The van der Waals surface area contributed by atoms with E-state index in [0.717, 1.165) is 50.5 Å². The summed E-state index contributed by atoms with van der Waals surface area (Å²) in [5.41, 5.74) is 0. The molecule has 0 amide bonds. The van der Waals surface area contributed by atoms with E-state index in [1.54, 1.807) is 0 Å². The molecule has 1 atom stereocenters. The van der Waals surface area contributed by atoms with Crippen LogP contribution in [0.25, 0.3) is 0 Å². The Morgan fingerprint density at radius 1 is 1.03 bits per heavy atom. The van der Waals surface area contributed by atoms with Crippen LogP contribution in [-0.4, -0.2) is 11.9 Å². The molecule has 0 spiro atoms. The van der Waals surface area contributed by atoms with Gasteiger partial charge in [0.2, 0.25) is 5.82 Å². The third-order valence-electron chi connectivity index (χ3n) is 6.41. The molecule has 1 aromatic rings. The second-order valence-electron chi connectivity index (χ2n) is 8.75. The van der Waals surface area contributed by atoms with Crippen molar-refractivity contribution in [1.82, 2.24) is 0 Å². The number of Topliss-reactive ketones (excluding diaryl/α,β-unsaturated/α-hetero) is 1. The molecule has 2 nitrogen and oxygen atoms in total. The SMILES string of the molecule is CCCCC[C@H]1CC[C@H](C(C)Oc2cccc(F)c2F)CC1.O=C1CCCCC1. The minimum atomic E-state index is -0.873. The third-order valence-corrected chi connectivity index (χ3v) is 6.41. The molecule has 2 saturated carbocycles. The Bertz CT molecular complexity index is 601. The lowest BCUT2D eigenvalue weighted by Crippen LogP contribution is -2.28. The van der Waals surface area contributed by atoms with Gasteiger partial charge in [0.1, 0.15) is 5.78 Å². The van der Waals surface area contributed by atoms with Crippen LogP contribution in [0.1, 0.15) is 97.3 Å². The van der Waals surface area contributed by atoms with E-state index >= 15 is 0 Å². The Kier molecular flexibility index (Phi) is 10.7. The zero-order valence-corrected chi connectivity index (χ0v) is 18.2.